The Kier molecular flexibility index (Phi) is 4.26. The van der Waals surface area contributed by atoms with Gasteiger partial charge in [0, 0.05) is 50.0 Å². The van der Waals surface area contributed by atoms with Crippen LogP contribution in [0.25, 0.3) is 0 Å². The van der Waals surface area contributed by atoms with Crippen LogP contribution in [-0.2, 0) is 0 Å². The summed E-state index contributed by atoms with van der Waals surface area (Å²) in [6.45, 7) is 4.35. The van der Waals surface area contributed by atoms with Crippen LogP contribution in [0.5, 0.6) is 0 Å². The van der Waals surface area contributed by atoms with Crippen LogP contribution in [0.3, 0.4) is 0 Å². The lowest BCUT2D eigenvalue weighted by Gasteiger charge is -2.34. The monoisotopic (exact) mass is 253 g/mol. The molecule has 1 aliphatic heterocycles. The first-order valence-electron chi connectivity index (χ1n) is 6.04. The smallest absolute Gasteiger partial charge is 0.0407 e. The Balaban J connectivity index is 1.91. The molecule has 1 aromatic rings. The van der Waals surface area contributed by atoms with Gasteiger partial charge in [-0.3, -0.25) is 0 Å². The highest BCUT2D eigenvalue weighted by atomic mass is 35.5. The van der Waals surface area contributed by atoms with Crippen molar-refractivity contribution in [3.63, 3.8) is 0 Å². The summed E-state index contributed by atoms with van der Waals surface area (Å²) in [6, 6.07) is 8.54. The van der Waals surface area contributed by atoms with E-state index < -0.39 is 0 Å². The fourth-order valence-electron chi connectivity index (χ4n) is 2.25. The van der Waals surface area contributed by atoms with E-state index in [0.717, 1.165) is 31.2 Å². The first-order valence-corrected chi connectivity index (χ1v) is 6.41. The molecule has 1 atom stereocenters. The molecule has 1 unspecified atom stereocenters. The van der Waals surface area contributed by atoms with Gasteiger partial charge in [-0.05, 0) is 31.3 Å². The molecule has 2 rings (SSSR count). The molecule has 3 nitrogen and oxygen atoms in total. The highest BCUT2D eigenvalue weighted by Gasteiger charge is 2.17. The molecule has 0 amide bonds. The average molecular weight is 254 g/mol. The van der Waals surface area contributed by atoms with Crippen molar-refractivity contribution in [2.75, 3.05) is 45.2 Å². The molecule has 0 aromatic heterocycles. The largest absolute Gasteiger partial charge is 0.373 e. The van der Waals surface area contributed by atoms with Crippen molar-refractivity contribution < 1.29 is 0 Å². The Labute approximate surface area is 108 Å². The quantitative estimate of drug-likeness (QED) is 0.884. The SMILES string of the molecule is CN1CCNC(CN(C)c2ccc(Cl)cc2)C1. The van der Waals surface area contributed by atoms with E-state index in [-0.39, 0.29) is 0 Å². The van der Waals surface area contributed by atoms with Gasteiger partial charge in [0.15, 0.2) is 0 Å². The first kappa shape index (κ1) is 12.7. The molecule has 17 heavy (non-hydrogen) atoms. The molecule has 1 aromatic carbocycles. The van der Waals surface area contributed by atoms with Gasteiger partial charge in [0.05, 0.1) is 0 Å². The molecule has 1 heterocycles. The number of nitrogens with zero attached hydrogens (tertiary/aromatic N) is 2. The third kappa shape index (κ3) is 3.60. The lowest BCUT2D eigenvalue weighted by atomic mass is 10.2. The highest BCUT2D eigenvalue weighted by Crippen LogP contribution is 2.17. The van der Waals surface area contributed by atoms with Crippen LogP contribution in [-0.4, -0.2) is 51.2 Å². The third-order valence-corrected chi connectivity index (χ3v) is 3.47. The van der Waals surface area contributed by atoms with Gasteiger partial charge >= 0.3 is 0 Å². The van der Waals surface area contributed by atoms with Crippen molar-refractivity contribution in [2.45, 2.75) is 6.04 Å². The number of hydrogen-bond donors (Lipinski definition) is 1. The molecule has 1 saturated heterocycles. The molecular weight excluding hydrogens is 234 g/mol. The van der Waals surface area contributed by atoms with Gasteiger partial charge in [0.1, 0.15) is 0 Å². The summed E-state index contributed by atoms with van der Waals surface area (Å²) in [5.74, 6) is 0. The third-order valence-electron chi connectivity index (χ3n) is 3.22. The lowest BCUT2D eigenvalue weighted by Crippen LogP contribution is -2.53. The van der Waals surface area contributed by atoms with Crippen molar-refractivity contribution in [2.24, 2.45) is 0 Å². The van der Waals surface area contributed by atoms with Gasteiger partial charge in [-0.2, -0.15) is 0 Å². The maximum absolute atomic E-state index is 5.89. The van der Waals surface area contributed by atoms with Crippen molar-refractivity contribution in [3.8, 4) is 0 Å². The summed E-state index contributed by atoms with van der Waals surface area (Å²) in [6.07, 6.45) is 0. The Morgan fingerprint density at radius 2 is 2.12 bits per heavy atom. The zero-order valence-corrected chi connectivity index (χ0v) is 11.2. The van der Waals surface area contributed by atoms with Crippen molar-refractivity contribution >= 4 is 17.3 Å². The van der Waals surface area contributed by atoms with Gasteiger partial charge in [0.2, 0.25) is 0 Å². The fraction of sp³-hybridized carbons (Fsp3) is 0.538. The number of hydrogen-bond acceptors (Lipinski definition) is 3. The number of rotatable bonds is 3. The molecule has 0 spiro atoms. The van der Waals surface area contributed by atoms with Crippen LogP contribution in [0.1, 0.15) is 0 Å². The molecule has 0 aliphatic carbocycles. The molecule has 1 fully saturated rings. The van der Waals surface area contributed by atoms with Crippen LogP contribution in [0.15, 0.2) is 24.3 Å². The summed E-state index contributed by atoms with van der Waals surface area (Å²) in [5, 5.41) is 4.34. The summed E-state index contributed by atoms with van der Waals surface area (Å²) in [7, 11) is 4.30. The van der Waals surface area contributed by atoms with E-state index in [1.807, 2.05) is 12.1 Å². The molecular formula is C13H20ClN3. The van der Waals surface area contributed by atoms with Crippen LogP contribution in [0.2, 0.25) is 5.02 Å². The minimum atomic E-state index is 0.537. The standard InChI is InChI=1S/C13H20ClN3/c1-16-8-7-15-12(9-16)10-17(2)13-5-3-11(14)4-6-13/h3-6,12,15H,7-10H2,1-2H3. The maximum atomic E-state index is 5.89. The Morgan fingerprint density at radius 1 is 1.41 bits per heavy atom. The van der Waals surface area contributed by atoms with Gasteiger partial charge < -0.3 is 15.1 Å². The van der Waals surface area contributed by atoms with Crippen LogP contribution < -0.4 is 10.2 Å². The molecule has 0 saturated carbocycles. The molecule has 94 valence electrons. The zero-order chi connectivity index (χ0) is 12.3. The van der Waals surface area contributed by atoms with Crippen molar-refractivity contribution in [1.29, 1.82) is 0 Å². The second-order valence-corrected chi connectivity index (χ2v) is 5.21. The predicted octanol–water partition coefficient (Wildman–Crippen LogP) is 1.68. The van der Waals surface area contributed by atoms with E-state index in [1.165, 1.54) is 5.69 Å². The second-order valence-electron chi connectivity index (χ2n) is 4.77. The van der Waals surface area contributed by atoms with E-state index in [2.05, 4.69) is 41.3 Å². The minimum absolute atomic E-state index is 0.537. The lowest BCUT2D eigenvalue weighted by molar-refractivity contribution is 0.241. The van der Waals surface area contributed by atoms with Crippen LogP contribution in [0.4, 0.5) is 5.69 Å². The number of likely N-dealkylation sites (N-methyl/N-ethyl adjacent to an activating group) is 2. The van der Waals surface area contributed by atoms with Gasteiger partial charge in [-0.15, -0.1) is 0 Å². The number of anilines is 1. The van der Waals surface area contributed by atoms with Gasteiger partial charge in [0.25, 0.3) is 0 Å². The van der Waals surface area contributed by atoms with E-state index in [0.29, 0.717) is 6.04 Å². The van der Waals surface area contributed by atoms with Gasteiger partial charge in [-0.25, -0.2) is 0 Å². The van der Waals surface area contributed by atoms with E-state index >= 15 is 0 Å². The predicted molar refractivity (Wildman–Crippen MR) is 74.0 cm³/mol. The molecule has 1 aliphatic rings. The summed E-state index contributed by atoms with van der Waals surface area (Å²) >= 11 is 5.89. The van der Waals surface area contributed by atoms with E-state index in [4.69, 9.17) is 11.6 Å². The number of halogens is 1. The Hall–Kier alpha value is -0.770. The van der Waals surface area contributed by atoms with Crippen LogP contribution >= 0.6 is 11.6 Å². The minimum Gasteiger partial charge on any atom is -0.373 e. The Bertz CT molecular complexity index is 352. The first-order chi connectivity index (χ1) is 8.15. The number of benzene rings is 1. The van der Waals surface area contributed by atoms with Crippen LogP contribution in [0, 0.1) is 0 Å². The topological polar surface area (TPSA) is 18.5 Å². The zero-order valence-electron chi connectivity index (χ0n) is 10.5. The van der Waals surface area contributed by atoms with E-state index in [1.54, 1.807) is 0 Å². The van der Waals surface area contributed by atoms with Crippen molar-refractivity contribution in [1.82, 2.24) is 10.2 Å². The average Bonchev–Trinajstić information content (AvgIpc) is 2.29. The van der Waals surface area contributed by atoms with Gasteiger partial charge in [-0.1, -0.05) is 11.6 Å². The number of nitrogens with one attached hydrogen (secondary N) is 1. The Morgan fingerprint density at radius 3 is 2.76 bits per heavy atom. The molecule has 0 radical (unpaired) electrons. The normalized spacial score (nSPS) is 21.5. The number of piperazine rings is 1. The molecule has 0 bridgehead atoms. The highest BCUT2D eigenvalue weighted by molar-refractivity contribution is 6.30. The van der Waals surface area contributed by atoms with Crippen molar-refractivity contribution in [3.05, 3.63) is 29.3 Å². The summed E-state index contributed by atoms with van der Waals surface area (Å²) in [5.41, 5.74) is 1.21. The molecule has 4 heteroatoms. The maximum Gasteiger partial charge on any atom is 0.0407 e. The van der Waals surface area contributed by atoms with E-state index in [9.17, 15) is 0 Å². The molecule has 1 N–H and O–H groups in total. The summed E-state index contributed by atoms with van der Waals surface area (Å²) in [4.78, 5) is 4.64. The summed E-state index contributed by atoms with van der Waals surface area (Å²) < 4.78 is 0. The fourth-order valence-corrected chi connectivity index (χ4v) is 2.37. The second kappa shape index (κ2) is 5.71.